The largest absolute Gasteiger partial charge is 0.506 e. The van der Waals surface area contributed by atoms with Crippen molar-refractivity contribution in [2.75, 3.05) is 0 Å². The molecule has 3 rings (SSSR count). The highest BCUT2D eigenvalue weighted by molar-refractivity contribution is 9.10. The van der Waals surface area contributed by atoms with Crippen LogP contribution < -0.4 is 10.7 Å². The van der Waals surface area contributed by atoms with E-state index >= 15 is 0 Å². The number of non-ortho nitro benzene ring substituents is 1. The highest BCUT2D eigenvalue weighted by atomic mass is 79.9. The number of hydrogen-bond acceptors (Lipinski definition) is 7. The second kappa shape index (κ2) is 10.5. The van der Waals surface area contributed by atoms with Gasteiger partial charge in [-0.1, -0.05) is 24.3 Å². The van der Waals surface area contributed by atoms with E-state index in [0.29, 0.717) is 5.56 Å². The van der Waals surface area contributed by atoms with Crippen molar-refractivity contribution in [2.45, 2.75) is 0 Å². The van der Waals surface area contributed by atoms with Crippen LogP contribution in [-0.4, -0.2) is 28.1 Å². The van der Waals surface area contributed by atoms with Gasteiger partial charge in [0.05, 0.1) is 15.6 Å². The molecule has 2 amide bonds. The quantitative estimate of drug-likeness (QED) is 0.189. The van der Waals surface area contributed by atoms with Crippen LogP contribution >= 0.6 is 27.3 Å². The fraction of sp³-hybridized carbons (Fsp3) is 0. The number of phenols is 1. The van der Waals surface area contributed by atoms with E-state index in [1.807, 2.05) is 5.38 Å². The minimum Gasteiger partial charge on any atom is -0.506 e. The van der Waals surface area contributed by atoms with Crippen LogP contribution in [-0.2, 0) is 4.79 Å². The third kappa shape index (κ3) is 5.86. The van der Waals surface area contributed by atoms with Gasteiger partial charge in [-0.2, -0.15) is 5.10 Å². The molecule has 0 aliphatic carbocycles. The first-order valence-corrected chi connectivity index (χ1v) is 10.6. The van der Waals surface area contributed by atoms with E-state index in [-0.39, 0.29) is 27.2 Å². The summed E-state index contributed by atoms with van der Waals surface area (Å²) >= 11 is 4.40. The average Bonchev–Trinajstić information content (AvgIpc) is 3.29. The third-order valence-corrected chi connectivity index (χ3v) is 5.44. The first kappa shape index (κ1) is 22.8. The molecule has 0 radical (unpaired) electrons. The second-order valence-electron chi connectivity index (χ2n) is 6.22. The molecule has 0 spiro atoms. The number of nitrogens with zero attached hydrogens (tertiary/aromatic N) is 2. The maximum Gasteiger partial charge on any atom is 0.287 e. The van der Waals surface area contributed by atoms with Crippen molar-refractivity contribution in [3.8, 4) is 5.75 Å². The Kier molecular flexibility index (Phi) is 7.47. The molecule has 32 heavy (non-hydrogen) atoms. The Morgan fingerprint density at radius 2 is 1.91 bits per heavy atom. The van der Waals surface area contributed by atoms with Crippen LogP contribution in [0.15, 0.2) is 75.2 Å². The summed E-state index contributed by atoms with van der Waals surface area (Å²) in [6, 6.07) is 14.2. The number of carbonyl (C=O) groups is 2. The zero-order valence-corrected chi connectivity index (χ0v) is 18.6. The first-order valence-electron chi connectivity index (χ1n) is 8.97. The topological polar surface area (TPSA) is 134 Å². The van der Waals surface area contributed by atoms with Crippen LogP contribution in [0.25, 0.3) is 6.08 Å². The van der Waals surface area contributed by atoms with Crippen LogP contribution in [0, 0.1) is 10.1 Å². The highest BCUT2D eigenvalue weighted by Gasteiger charge is 2.16. The summed E-state index contributed by atoms with van der Waals surface area (Å²) < 4.78 is 0.105. The number of aromatic hydroxyl groups is 1. The zero-order valence-electron chi connectivity index (χ0n) is 16.2. The van der Waals surface area contributed by atoms with E-state index in [4.69, 9.17) is 0 Å². The molecule has 0 saturated carbocycles. The smallest absolute Gasteiger partial charge is 0.287 e. The van der Waals surface area contributed by atoms with Crippen molar-refractivity contribution in [1.29, 1.82) is 0 Å². The minimum absolute atomic E-state index is 0.0171. The predicted octanol–water partition coefficient (Wildman–Crippen LogP) is 4.05. The minimum atomic E-state index is -0.720. The Balaban J connectivity index is 1.80. The zero-order chi connectivity index (χ0) is 23.1. The second-order valence-corrected chi connectivity index (χ2v) is 8.05. The van der Waals surface area contributed by atoms with Gasteiger partial charge in [-0.05, 0) is 45.6 Å². The fourth-order valence-corrected chi connectivity index (χ4v) is 3.61. The molecule has 3 aromatic rings. The van der Waals surface area contributed by atoms with Crippen LogP contribution in [0.3, 0.4) is 0 Å². The summed E-state index contributed by atoms with van der Waals surface area (Å²) in [5, 5.41) is 29.2. The summed E-state index contributed by atoms with van der Waals surface area (Å²) in [7, 11) is 0. The molecular formula is C21H15BrN4O5S. The molecule has 162 valence electrons. The summed E-state index contributed by atoms with van der Waals surface area (Å²) in [5.41, 5.74) is 2.32. The van der Waals surface area contributed by atoms with Gasteiger partial charge in [0.2, 0.25) is 0 Å². The van der Waals surface area contributed by atoms with E-state index < -0.39 is 16.7 Å². The molecule has 0 atom stereocenters. The van der Waals surface area contributed by atoms with Crippen LogP contribution in [0.2, 0.25) is 0 Å². The van der Waals surface area contributed by atoms with Gasteiger partial charge >= 0.3 is 0 Å². The Hall–Kier alpha value is -3.83. The fourth-order valence-electron chi connectivity index (χ4n) is 2.49. The molecule has 2 aromatic carbocycles. The number of nitrogens with one attached hydrogen (secondary N) is 2. The molecule has 0 aliphatic heterocycles. The Labute approximate surface area is 194 Å². The molecule has 0 aliphatic rings. The van der Waals surface area contributed by atoms with E-state index in [2.05, 4.69) is 31.8 Å². The maximum atomic E-state index is 12.7. The molecule has 1 aromatic heterocycles. The highest BCUT2D eigenvalue weighted by Crippen LogP contribution is 2.31. The van der Waals surface area contributed by atoms with Crippen molar-refractivity contribution >= 4 is 57.1 Å². The number of hydrogen-bond donors (Lipinski definition) is 3. The molecular weight excluding hydrogens is 500 g/mol. The number of benzene rings is 2. The third-order valence-electron chi connectivity index (χ3n) is 4.02. The average molecular weight is 515 g/mol. The molecule has 1 heterocycles. The van der Waals surface area contributed by atoms with E-state index in [1.165, 1.54) is 17.4 Å². The number of thiophene rings is 1. The lowest BCUT2D eigenvalue weighted by Gasteiger charge is -2.09. The van der Waals surface area contributed by atoms with Gasteiger partial charge in [-0.15, -0.1) is 11.3 Å². The molecule has 3 N–H and O–H groups in total. The van der Waals surface area contributed by atoms with Gasteiger partial charge in [-0.25, -0.2) is 5.43 Å². The Morgan fingerprint density at radius 3 is 2.56 bits per heavy atom. The van der Waals surface area contributed by atoms with Crippen LogP contribution in [0.1, 0.15) is 20.8 Å². The summed E-state index contributed by atoms with van der Waals surface area (Å²) in [6.45, 7) is 0. The lowest BCUT2D eigenvalue weighted by atomic mass is 10.2. The summed E-state index contributed by atoms with van der Waals surface area (Å²) in [6.07, 6.45) is 2.56. The number of rotatable bonds is 7. The monoisotopic (exact) mass is 514 g/mol. The number of nitro groups is 1. The predicted molar refractivity (Wildman–Crippen MR) is 124 cm³/mol. The molecule has 11 heteroatoms. The number of phenolic OH excluding ortho intramolecular Hbond substituents is 1. The van der Waals surface area contributed by atoms with Crippen LogP contribution in [0.5, 0.6) is 5.75 Å². The SMILES string of the molecule is O=C(N/N=C/c1cc([N+](=O)[O-])cc(Br)c1O)C(=Cc1cccs1)NC(=O)c1ccccc1. The number of carbonyl (C=O) groups excluding carboxylic acids is 2. The Morgan fingerprint density at radius 1 is 1.16 bits per heavy atom. The van der Waals surface area contributed by atoms with Gasteiger partial charge in [0.1, 0.15) is 11.4 Å². The lowest BCUT2D eigenvalue weighted by molar-refractivity contribution is -0.385. The van der Waals surface area contributed by atoms with Crippen LogP contribution in [0.4, 0.5) is 5.69 Å². The number of amides is 2. The molecule has 0 bridgehead atoms. The van der Waals surface area contributed by atoms with Crippen molar-refractivity contribution in [3.05, 3.63) is 96.3 Å². The van der Waals surface area contributed by atoms with E-state index in [1.54, 1.807) is 42.5 Å². The molecule has 0 unspecified atom stereocenters. The van der Waals surface area contributed by atoms with Crippen molar-refractivity contribution in [3.63, 3.8) is 0 Å². The molecule has 0 saturated heterocycles. The molecule has 0 fully saturated rings. The van der Waals surface area contributed by atoms with Gasteiger partial charge < -0.3 is 10.4 Å². The van der Waals surface area contributed by atoms with Crippen molar-refractivity contribution in [2.24, 2.45) is 5.10 Å². The van der Waals surface area contributed by atoms with Crippen molar-refractivity contribution in [1.82, 2.24) is 10.7 Å². The standard InChI is InChI=1S/C21H15BrN4O5S/c22-17-10-15(26(30)31)9-14(19(17)27)12-23-25-21(29)18(11-16-7-4-8-32-16)24-20(28)13-5-2-1-3-6-13/h1-12,27H,(H,24,28)(H,25,29)/b18-11?,23-12+. The van der Waals surface area contributed by atoms with Gasteiger partial charge in [0, 0.05) is 28.1 Å². The number of nitro benzene ring substituents is 1. The summed E-state index contributed by atoms with van der Waals surface area (Å²) in [5.74, 6) is -1.48. The van der Waals surface area contributed by atoms with Crippen molar-refractivity contribution < 1.29 is 19.6 Å². The number of halogens is 1. The van der Waals surface area contributed by atoms with Gasteiger partial charge in [0.25, 0.3) is 17.5 Å². The van der Waals surface area contributed by atoms with E-state index in [9.17, 15) is 24.8 Å². The normalized spacial score (nSPS) is 11.3. The lowest BCUT2D eigenvalue weighted by Crippen LogP contribution is -2.32. The maximum absolute atomic E-state index is 12.7. The Bertz CT molecular complexity index is 1210. The summed E-state index contributed by atoms with van der Waals surface area (Å²) in [4.78, 5) is 36.3. The van der Waals surface area contributed by atoms with Gasteiger partial charge in [0.15, 0.2) is 0 Å². The first-order chi connectivity index (χ1) is 15.3. The number of hydrazone groups is 1. The molecule has 9 nitrogen and oxygen atoms in total. The van der Waals surface area contributed by atoms with Gasteiger partial charge in [-0.3, -0.25) is 19.7 Å². The van der Waals surface area contributed by atoms with E-state index in [0.717, 1.165) is 23.2 Å².